The van der Waals surface area contributed by atoms with E-state index in [-0.39, 0.29) is 12.0 Å². The van der Waals surface area contributed by atoms with E-state index in [1.807, 2.05) is 55.5 Å². The number of rotatable bonds is 10. The smallest absolute Gasteiger partial charge is 0.332 e. The molecule has 2 unspecified atom stereocenters. The second-order valence-electron chi connectivity index (χ2n) is 11.0. The van der Waals surface area contributed by atoms with Crippen molar-refractivity contribution in [2.45, 2.75) is 64.7 Å². The Morgan fingerprint density at radius 3 is 2.46 bits per heavy atom. The van der Waals surface area contributed by atoms with Crippen LogP contribution < -0.4 is 14.8 Å². The lowest BCUT2D eigenvalue weighted by atomic mass is 9.99. The molecular formula is C32H36N2O7. The van der Waals surface area contributed by atoms with Crippen molar-refractivity contribution in [3.8, 4) is 22.8 Å². The molecule has 0 fully saturated rings. The molecule has 4 rings (SSSR count). The quantitative estimate of drug-likeness (QED) is 0.320. The molecule has 0 spiro atoms. The van der Waals surface area contributed by atoms with Crippen LogP contribution in [0.2, 0.25) is 0 Å². The Morgan fingerprint density at radius 2 is 1.83 bits per heavy atom. The molecule has 0 bridgehead atoms. The lowest BCUT2D eigenvalue weighted by Gasteiger charge is -2.25. The zero-order valence-corrected chi connectivity index (χ0v) is 24.0. The number of methoxy groups -OCH3 is 1. The highest BCUT2D eigenvalue weighted by molar-refractivity contribution is 5.98. The molecule has 216 valence electrons. The van der Waals surface area contributed by atoms with Crippen LogP contribution in [0.5, 0.6) is 11.5 Å². The first-order chi connectivity index (χ1) is 19.5. The van der Waals surface area contributed by atoms with Gasteiger partial charge in [0, 0.05) is 35.1 Å². The summed E-state index contributed by atoms with van der Waals surface area (Å²) in [6.45, 7) is 7.15. The summed E-state index contributed by atoms with van der Waals surface area (Å²) in [5.41, 5.74) is 1.42. The number of carboxylic acids is 1. The van der Waals surface area contributed by atoms with Crippen LogP contribution in [-0.2, 0) is 19.1 Å². The first-order valence-electron chi connectivity index (χ1n) is 13.7. The number of esters is 1. The fraction of sp³-hybridized carbons (Fsp3) is 0.375. The van der Waals surface area contributed by atoms with E-state index in [1.54, 1.807) is 33.9 Å². The summed E-state index contributed by atoms with van der Waals surface area (Å²) in [4.78, 5) is 43.0. The van der Waals surface area contributed by atoms with E-state index < -0.39 is 41.5 Å². The maximum atomic E-state index is 13.3. The van der Waals surface area contributed by atoms with Crippen LogP contribution in [-0.4, -0.2) is 52.8 Å². The Labute approximate surface area is 239 Å². The van der Waals surface area contributed by atoms with E-state index in [9.17, 15) is 19.5 Å². The molecule has 2 N–H and O–H groups in total. The van der Waals surface area contributed by atoms with Crippen LogP contribution in [0.1, 0.15) is 47.0 Å². The second-order valence-corrected chi connectivity index (χ2v) is 11.0. The molecule has 9 nitrogen and oxygen atoms in total. The summed E-state index contributed by atoms with van der Waals surface area (Å²) in [6, 6.07) is 16.0. The summed E-state index contributed by atoms with van der Waals surface area (Å²) >= 11 is 0. The highest BCUT2D eigenvalue weighted by atomic mass is 16.6. The van der Waals surface area contributed by atoms with Crippen molar-refractivity contribution in [1.82, 2.24) is 10.3 Å². The molecule has 0 saturated carbocycles. The van der Waals surface area contributed by atoms with Gasteiger partial charge in [-0.2, -0.15) is 0 Å². The third kappa shape index (κ3) is 7.22. The standard InChI is InChI=1S/C32H36N2O7/c1-6-10-25(31(38)41-32(2,3)4)34-29(35)23-15-21(16-24(23)30(36)37)40-28-18-26(19-11-8-7-9-12-19)33-27-17-20(39-5)13-14-22(27)28/h7-9,11-14,16-18,21,23,25H,6,10,15H2,1-5H3,(H,34,35)(H,36,37)/t21?,23?,25-/m0/s1. The highest BCUT2D eigenvalue weighted by Crippen LogP contribution is 2.36. The first kappa shape index (κ1) is 29.6. The average Bonchev–Trinajstić information content (AvgIpc) is 3.36. The number of hydrogen-bond donors (Lipinski definition) is 2. The van der Waals surface area contributed by atoms with Crippen LogP contribution >= 0.6 is 0 Å². The van der Waals surface area contributed by atoms with E-state index in [1.165, 1.54) is 6.08 Å². The van der Waals surface area contributed by atoms with Gasteiger partial charge in [-0.25, -0.2) is 14.6 Å². The van der Waals surface area contributed by atoms with E-state index in [0.717, 1.165) is 10.9 Å². The summed E-state index contributed by atoms with van der Waals surface area (Å²) in [5, 5.41) is 13.4. The minimum atomic E-state index is -1.21. The monoisotopic (exact) mass is 560 g/mol. The van der Waals surface area contributed by atoms with Crippen molar-refractivity contribution in [3.05, 3.63) is 66.2 Å². The number of carbonyl (C=O) groups is 3. The Morgan fingerprint density at radius 1 is 1.10 bits per heavy atom. The fourth-order valence-electron chi connectivity index (χ4n) is 4.80. The third-order valence-electron chi connectivity index (χ3n) is 6.68. The lowest BCUT2D eigenvalue weighted by molar-refractivity contribution is -0.159. The predicted octanol–water partition coefficient (Wildman–Crippen LogP) is 5.32. The summed E-state index contributed by atoms with van der Waals surface area (Å²) in [7, 11) is 1.58. The molecule has 1 aromatic heterocycles. The molecule has 3 atom stereocenters. The number of fused-ring (bicyclic) bond motifs is 1. The van der Waals surface area contributed by atoms with Gasteiger partial charge in [-0.1, -0.05) is 43.7 Å². The SMILES string of the molecule is CCC[C@H](NC(=O)C1CC(Oc2cc(-c3ccccc3)nc3cc(OC)ccc23)C=C1C(=O)O)C(=O)OC(C)(C)C. The normalized spacial score (nSPS) is 17.4. The number of ether oxygens (including phenoxy) is 3. The van der Waals surface area contributed by atoms with Crippen molar-refractivity contribution >= 4 is 28.7 Å². The van der Waals surface area contributed by atoms with Gasteiger partial charge >= 0.3 is 11.9 Å². The van der Waals surface area contributed by atoms with Crippen molar-refractivity contribution in [1.29, 1.82) is 0 Å². The van der Waals surface area contributed by atoms with Gasteiger partial charge in [0.25, 0.3) is 0 Å². The zero-order chi connectivity index (χ0) is 29.7. The van der Waals surface area contributed by atoms with Crippen LogP contribution in [0.15, 0.2) is 66.2 Å². The largest absolute Gasteiger partial charge is 0.497 e. The number of nitrogens with one attached hydrogen (secondary N) is 1. The molecule has 0 aliphatic heterocycles. The van der Waals surface area contributed by atoms with Gasteiger partial charge < -0.3 is 24.6 Å². The third-order valence-corrected chi connectivity index (χ3v) is 6.68. The van der Waals surface area contributed by atoms with E-state index >= 15 is 0 Å². The number of benzene rings is 2. The Bertz CT molecular complexity index is 1460. The number of hydrogen-bond acceptors (Lipinski definition) is 7. The molecule has 1 heterocycles. The zero-order valence-electron chi connectivity index (χ0n) is 24.0. The molecule has 1 aliphatic rings. The Balaban J connectivity index is 1.61. The first-order valence-corrected chi connectivity index (χ1v) is 13.7. The van der Waals surface area contributed by atoms with Gasteiger partial charge in [0.15, 0.2) is 0 Å². The summed E-state index contributed by atoms with van der Waals surface area (Å²) in [5.74, 6) is -2.18. The topological polar surface area (TPSA) is 124 Å². The minimum absolute atomic E-state index is 0.0738. The van der Waals surface area contributed by atoms with Crippen molar-refractivity contribution in [2.24, 2.45) is 5.92 Å². The molecule has 2 aromatic carbocycles. The number of nitrogens with zero attached hydrogens (tertiary/aromatic N) is 1. The minimum Gasteiger partial charge on any atom is -0.497 e. The molecule has 0 radical (unpaired) electrons. The number of carboxylic acid groups (broad SMARTS) is 1. The van der Waals surface area contributed by atoms with Gasteiger partial charge in [-0.15, -0.1) is 0 Å². The summed E-state index contributed by atoms with van der Waals surface area (Å²) in [6.07, 6.45) is 1.87. The maximum absolute atomic E-state index is 13.3. The van der Waals surface area contributed by atoms with Gasteiger partial charge in [0.05, 0.1) is 24.2 Å². The molecule has 3 aromatic rings. The van der Waals surface area contributed by atoms with E-state index in [2.05, 4.69) is 5.32 Å². The number of aromatic nitrogens is 1. The molecule has 0 saturated heterocycles. The molecule has 9 heteroatoms. The molecule has 1 amide bonds. The number of amides is 1. The van der Waals surface area contributed by atoms with E-state index in [0.29, 0.717) is 35.6 Å². The fourth-order valence-corrected chi connectivity index (χ4v) is 4.80. The highest BCUT2D eigenvalue weighted by Gasteiger charge is 2.39. The number of aliphatic carboxylic acids is 1. The van der Waals surface area contributed by atoms with Crippen LogP contribution in [0.4, 0.5) is 0 Å². The predicted molar refractivity (Wildman–Crippen MR) is 155 cm³/mol. The Kier molecular flexibility index (Phi) is 8.95. The van der Waals surface area contributed by atoms with Gasteiger partial charge in [-0.05, 0) is 45.4 Å². The van der Waals surface area contributed by atoms with Gasteiger partial charge in [0.1, 0.15) is 29.2 Å². The molecule has 1 aliphatic carbocycles. The molecule has 41 heavy (non-hydrogen) atoms. The average molecular weight is 561 g/mol. The van der Waals surface area contributed by atoms with Crippen molar-refractivity contribution in [2.75, 3.05) is 7.11 Å². The van der Waals surface area contributed by atoms with Crippen LogP contribution in [0, 0.1) is 5.92 Å². The van der Waals surface area contributed by atoms with Crippen molar-refractivity contribution in [3.63, 3.8) is 0 Å². The van der Waals surface area contributed by atoms with Crippen LogP contribution in [0.3, 0.4) is 0 Å². The molecular weight excluding hydrogens is 524 g/mol. The number of pyridine rings is 1. The number of carbonyl (C=O) groups excluding carboxylic acids is 2. The Hall–Kier alpha value is -4.40. The van der Waals surface area contributed by atoms with Crippen molar-refractivity contribution < 1.29 is 33.7 Å². The van der Waals surface area contributed by atoms with Crippen LogP contribution in [0.25, 0.3) is 22.2 Å². The maximum Gasteiger partial charge on any atom is 0.332 e. The van der Waals surface area contributed by atoms with E-state index in [4.69, 9.17) is 19.2 Å². The van der Waals surface area contributed by atoms with Gasteiger partial charge in [-0.3, -0.25) is 4.79 Å². The van der Waals surface area contributed by atoms with Gasteiger partial charge in [0.2, 0.25) is 5.91 Å². The second kappa shape index (κ2) is 12.4. The lowest BCUT2D eigenvalue weighted by Crippen LogP contribution is -2.46. The summed E-state index contributed by atoms with van der Waals surface area (Å²) < 4.78 is 17.2.